The quantitative estimate of drug-likeness (QED) is 0.803. The lowest BCUT2D eigenvalue weighted by Gasteiger charge is -2.43. The summed E-state index contributed by atoms with van der Waals surface area (Å²) in [5.74, 6) is 3.77. The Labute approximate surface area is 132 Å². The van der Waals surface area contributed by atoms with Gasteiger partial charge in [-0.2, -0.15) is 0 Å². The Morgan fingerprint density at radius 3 is 2.43 bits per heavy atom. The van der Waals surface area contributed by atoms with E-state index < -0.39 is 0 Å². The summed E-state index contributed by atoms with van der Waals surface area (Å²) < 4.78 is 6.73. The highest BCUT2D eigenvalue weighted by molar-refractivity contribution is 4.86. The molecule has 0 radical (unpaired) electrons. The van der Waals surface area contributed by atoms with Crippen molar-refractivity contribution in [2.45, 2.75) is 84.8 Å². The van der Waals surface area contributed by atoms with Gasteiger partial charge in [-0.15, -0.1) is 0 Å². The molecule has 0 heterocycles. The van der Waals surface area contributed by atoms with Crippen LogP contribution in [0.5, 0.6) is 0 Å². The van der Waals surface area contributed by atoms with Gasteiger partial charge in [0.25, 0.3) is 0 Å². The SMILES string of the molecule is CCC1CCC(CN)C(OC2CC(C)CCC2C(C)C)C1. The van der Waals surface area contributed by atoms with Crippen LogP contribution in [0.25, 0.3) is 0 Å². The Kier molecular flexibility index (Phi) is 6.55. The van der Waals surface area contributed by atoms with Gasteiger partial charge in [0, 0.05) is 0 Å². The largest absolute Gasteiger partial charge is 0.374 e. The van der Waals surface area contributed by atoms with Crippen LogP contribution in [-0.2, 0) is 4.74 Å². The Morgan fingerprint density at radius 1 is 1.05 bits per heavy atom. The molecule has 0 amide bonds. The van der Waals surface area contributed by atoms with E-state index in [9.17, 15) is 0 Å². The predicted molar refractivity (Wildman–Crippen MR) is 90.2 cm³/mol. The lowest BCUT2D eigenvalue weighted by atomic mass is 9.74. The molecule has 124 valence electrons. The summed E-state index contributed by atoms with van der Waals surface area (Å²) in [5.41, 5.74) is 6.03. The fourth-order valence-corrected chi connectivity index (χ4v) is 4.58. The zero-order chi connectivity index (χ0) is 15.4. The monoisotopic (exact) mass is 295 g/mol. The summed E-state index contributed by atoms with van der Waals surface area (Å²) >= 11 is 0. The van der Waals surface area contributed by atoms with Gasteiger partial charge in [0.15, 0.2) is 0 Å². The third-order valence-corrected chi connectivity index (χ3v) is 6.23. The fourth-order valence-electron chi connectivity index (χ4n) is 4.58. The van der Waals surface area contributed by atoms with Crippen LogP contribution in [0.3, 0.4) is 0 Å². The van der Waals surface area contributed by atoms with Gasteiger partial charge in [0.2, 0.25) is 0 Å². The lowest BCUT2D eigenvalue weighted by Crippen LogP contribution is -2.43. The number of nitrogens with two attached hydrogens (primary N) is 1. The van der Waals surface area contributed by atoms with Crippen LogP contribution < -0.4 is 5.73 Å². The molecule has 2 saturated carbocycles. The highest BCUT2D eigenvalue weighted by atomic mass is 16.5. The third-order valence-electron chi connectivity index (χ3n) is 6.23. The molecule has 0 aromatic rings. The maximum absolute atomic E-state index is 6.73. The predicted octanol–water partition coefficient (Wildman–Crippen LogP) is 4.62. The third kappa shape index (κ3) is 4.45. The van der Waals surface area contributed by atoms with E-state index in [2.05, 4.69) is 27.7 Å². The molecule has 2 heteroatoms. The van der Waals surface area contributed by atoms with Crippen LogP contribution >= 0.6 is 0 Å². The Hall–Kier alpha value is -0.0800. The van der Waals surface area contributed by atoms with Crippen molar-refractivity contribution in [3.05, 3.63) is 0 Å². The maximum Gasteiger partial charge on any atom is 0.0621 e. The van der Waals surface area contributed by atoms with Crippen molar-refractivity contribution in [1.29, 1.82) is 0 Å². The van der Waals surface area contributed by atoms with Gasteiger partial charge in [-0.3, -0.25) is 0 Å². The molecular weight excluding hydrogens is 258 g/mol. The van der Waals surface area contributed by atoms with Crippen LogP contribution in [0.2, 0.25) is 0 Å². The molecule has 0 saturated heterocycles. The summed E-state index contributed by atoms with van der Waals surface area (Å²) in [5, 5.41) is 0. The van der Waals surface area contributed by atoms with Crippen molar-refractivity contribution in [2.24, 2.45) is 35.3 Å². The van der Waals surface area contributed by atoms with E-state index in [0.29, 0.717) is 18.1 Å². The van der Waals surface area contributed by atoms with Crippen LogP contribution in [0.4, 0.5) is 0 Å². The van der Waals surface area contributed by atoms with Gasteiger partial charge in [-0.1, -0.05) is 40.5 Å². The maximum atomic E-state index is 6.73. The Balaban J connectivity index is 2.01. The number of hydrogen-bond acceptors (Lipinski definition) is 2. The molecule has 0 bridgehead atoms. The second-order valence-electron chi connectivity index (χ2n) is 8.12. The van der Waals surface area contributed by atoms with E-state index >= 15 is 0 Å². The summed E-state index contributed by atoms with van der Waals surface area (Å²) in [6.45, 7) is 10.3. The van der Waals surface area contributed by atoms with Gasteiger partial charge in [0.1, 0.15) is 0 Å². The first-order valence-electron chi connectivity index (χ1n) is 9.40. The van der Waals surface area contributed by atoms with Crippen molar-refractivity contribution in [3.63, 3.8) is 0 Å². The van der Waals surface area contributed by atoms with Gasteiger partial charge in [0.05, 0.1) is 12.2 Å². The molecule has 2 N–H and O–H groups in total. The second kappa shape index (κ2) is 7.97. The van der Waals surface area contributed by atoms with Crippen LogP contribution in [0.15, 0.2) is 0 Å². The normalized spacial score (nSPS) is 41.4. The minimum Gasteiger partial charge on any atom is -0.374 e. The minimum absolute atomic E-state index is 0.422. The average Bonchev–Trinajstić information content (AvgIpc) is 2.47. The summed E-state index contributed by atoms with van der Waals surface area (Å²) in [6, 6.07) is 0. The molecule has 6 atom stereocenters. The van der Waals surface area contributed by atoms with Crippen LogP contribution in [0.1, 0.15) is 72.6 Å². The first-order chi connectivity index (χ1) is 10.0. The molecule has 0 aromatic carbocycles. The summed E-state index contributed by atoms with van der Waals surface area (Å²) in [6.07, 6.45) is 10.1. The number of ether oxygens (including phenoxy) is 1. The first-order valence-corrected chi connectivity index (χ1v) is 9.40. The highest BCUT2D eigenvalue weighted by Crippen LogP contribution is 2.39. The molecule has 0 aliphatic heterocycles. The number of rotatable bonds is 5. The van der Waals surface area contributed by atoms with E-state index in [4.69, 9.17) is 10.5 Å². The molecule has 2 nitrogen and oxygen atoms in total. The fraction of sp³-hybridized carbons (Fsp3) is 1.00. The van der Waals surface area contributed by atoms with E-state index in [1.54, 1.807) is 0 Å². The first kappa shape index (κ1) is 17.3. The van der Waals surface area contributed by atoms with Crippen molar-refractivity contribution in [2.75, 3.05) is 6.54 Å². The van der Waals surface area contributed by atoms with E-state index in [-0.39, 0.29) is 0 Å². The van der Waals surface area contributed by atoms with Crippen molar-refractivity contribution < 1.29 is 4.74 Å². The Morgan fingerprint density at radius 2 is 1.81 bits per heavy atom. The van der Waals surface area contributed by atoms with Crippen molar-refractivity contribution in [1.82, 2.24) is 0 Å². The van der Waals surface area contributed by atoms with E-state index in [0.717, 1.165) is 30.2 Å². The topological polar surface area (TPSA) is 35.2 Å². The zero-order valence-electron chi connectivity index (χ0n) is 14.7. The zero-order valence-corrected chi connectivity index (χ0v) is 14.7. The molecule has 2 fully saturated rings. The van der Waals surface area contributed by atoms with Gasteiger partial charge < -0.3 is 10.5 Å². The molecule has 2 aliphatic carbocycles. The smallest absolute Gasteiger partial charge is 0.0621 e. The molecule has 2 rings (SSSR count). The van der Waals surface area contributed by atoms with E-state index in [1.165, 1.54) is 44.9 Å². The molecule has 0 spiro atoms. The summed E-state index contributed by atoms with van der Waals surface area (Å²) in [4.78, 5) is 0. The van der Waals surface area contributed by atoms with Gasteiger partial charge >= 0.3 is 0 Å². The lowest BCUT2D eigenvalue weighted by molar-refractivity contribution is -0.116. The molecular formula is C19H37NO. The molecule has 6 unspecified atom stereocenters. The van der Waals surface area contributed by atoms with Crippen LogP contribution in [-0.4, -0.2) is 18.8 Å². The van der Waals surface area contributed by atoms with Crippen molar-refractivity contribution >= 4 is 0 Å². The standard InChI is InChI=1S/C19H37NO/c1-5-15-7-8-16(12-20)18(11-15)21-19-10-14(4)6-9-17(19)13(2)3/h13-19H,5-12,20H2,1-4H3. The van der Waals surface area contributed by atoms with Crippen LogP contribution in [0, 0.1) is 29.6 Å². The summed E-state index contributed by atoms with van der Waals surface area (Å²) in [7, 11) is 0. The van der Waals surface area contributed by atoms with Gasteiger partial charge in [-0.05, 0) is 68.2 Å². The Bertz CT molecular complexity index is 304. The minimum atomic E-state index is 0.422. The van der Waals surface area contributed by atoms with Gasteiger partial charge in [-0.25, -0.2) is 0 Å². The average molecular weight is 296 g/mol. The highest BCUT2D eigenvalue weighted by Gasteiger charge is 2.37. The van der Waals surface area contributed by atoms with Crippen molar-refractivity contribution in [3.8, 4) is 0 Å². The molecule has 21 heavy (non-hydrogen) atoms. The molecule has 0 aromatic heterocycles. The number of hydrogen-bond donors (Lipinski definition) is 1. The molecule has 2 aliphatic rings. The second-order valence-corrected chi connectivity index (χ2v) is 8.12. The van der Waals surface area contributed by atoms with E-state index in [1.807, 2.05) is 0 Å².